The summed E-state index contributed by atoms with van der Waals surface area (Å²) >= 11 is 0. The maximum atomic E-state index is 12.6. The number of hydrogen-bond acceptors (Lipinski definition) is 2. The molecule has 0 spiro atoms. The van der Waals surface area contributed by atoms with Gasteiger partial charge in [0.25, 0.3) is 0 Å². The van der Waals surface area contributed by atoms with Crippen molar-refractivity contribution < 1.29 is 9.37 Å². The average Bonchev–Trinajstić information content (AvgIpc) is 2.68. The Hall–Kier alpha value is -3.20. The molecule has 2 aromatic carbocycles. The number of carbonyl (C=O) groups is 1. The third-order valence-corrected chi connectivity index (χ3v) is 4.64. The van der Waals surface area contributed by atoms with Gasteiger partial charge in [0.15, 0.2) is 0 Å². The lowest BCUT2D eigenvalue weighted by Gasteiger charge is -2.25. The van der Waals surface area contributed by atoms with Gasteiger partial charge in [0.2, 0.25) is 0 Å². The van der Waals surface area contributed by atoms with Gasteiger partial charge < -0.3 is 14.3 Å². The van der Waals surface area contributed by atoms with Gasteiger partial charge in [-0.3, -0.25) is 0 Å². The Morgan fingerprint density at radius 3 is 2.19 bits per heavy atom. The minimum Gasteiger partial charge on any atom is -0.351 e. The molecule has 0 saturated heterocycles. The summed E-state index contributed by atoms with van der Waals surface area (Å²) in [6.07, 6.45) is 7.22. The van der Waals surface area contributed by atoms with Crippen LogP contribution in [0.1, 0.15) is 13.8 Å². The van der Waals surface area contributed by atoms with E-state index in [-0.39, 0.29) is 5.78 Å². The molecule has 0 N–H and O–H groups in total. The first-order valence-corrected chi connectivity index (χ1v) is 8.96. The lowest BCUT2D eigenvalue weighted by atomic mass is 9.84. The highest BCUT2D eigenvalue weighted by Gasteiger charge is 2.22. The number of hydrogen-bond donors (Lipinski definition) is 0. The Labute approximate surface area is 161 Å². The SMILES string of the molecule is CC(=CN(C)c1ccccc1)C1=CC(=C(C)[C-]=[N+](C)c2ccccc2)C1=O. The van der Waals surface area contributed by atoms with E-state index >= 15 is 0 Å². The molecule has 1 aliphatic rings. The van der Waals surface area contributed by atoms with E-state index in [4.69, 9.17) is 0 Å². The highest BCUT2D eigenvalue weighted by atomic mass is 16.1. The van der Waals surface area contributed by atoms with Gasteiger partial charge in [0.05, 0.1) is 0 Å². The van der Waals surface area contributed by atoms with Gasteiger partial charge in [-0.05, 0) is 36.8 Å². The van der Waals surface area contributed by atoms with Gasteiger partial charge in [-0.15, -0.1) is 0 Å². The van der Waals surface area contributed by atoms with Crippen molar-refractivity contribution in [2.45, 2.75) is 13.8 Å². The number of carbonyl (C=O) groups excluding carboxylic acids is 1. The van der Waals surface area contributed by atoms with Gasteiger partial charge >= 0.3 is 0 Å². The van der Waals surface area contributed by atoms with E-state index in [0.29, 0.717) is 0 Å². The Morgan fingerprint density at radius 2 is 1.59 bits per heavy atom. The number of Topliss-reactive ketones (excluding diaryl/α,β-unsaturated/α-hetero) is 1. The quantitative estimate of drug-likeness (QED) is 0.333. The number of allylic oxidation sites excluding steroid dienone is 5. The highest BCUT2D eigenvalue weighted by molar-refractivity contribution is 6.22. The summed E-state index contributed by atoms with van der Waals surface area (Å²) in [5, 5.41) is 0. The molecule has 3 nitrogen and oxygen atoms in total. The third-order valence-electron chi connectivity index (χ3n) is 4.64. The van der Waals surface area contributed by atoms with E-state index in [1.165, 1.54) is 0 Å². The number of nitrogens with zero attached hydrogens (tertiary/aromatic N) is 2. The largest absolute Gasteiger partial charge is 0.351 e. The molecule has 0 unspecified atom stereocenters. The average molecular weight is 356 g/mol. The molecule has 1 aliphatic carbocycles. The van der Waals surface area contributed by atoms with Crippen molar-refractivity contribution in [3.63, 3.8) is 0 Å². The van der Waals surface area contributed by atoms with Crippen molar-refractivity contribution in [3.8, 4) is 0 Å². The van der Waals surface area contributed by atoms with Crippen LogP contribution in [0.3, 0.4) is 0 Å². The first-order valence-electron chi connectivity index (χ1n) is 8.96. The van der Waals surface area contributed by atoms with Crippen LogP contribution in [0.15, 0.2) is 95.2 Å². The maximum Gasteiger partial charge on any atom is 0.139 e. The fraction of sp³-hybridized carbons (Fsp3) is 0.167. The van der Waals surface area contributed by atoms with Gasteiger partial charge in [-0.1, -0.05) is 60.5 Å². The summed E-state index contributed by atoms with van der Waals surface area (Å²) in [6, 6.07) is 20.1. The predicted molar refractivity (Wildman–Crippen MR) is 112 cm³/mol. The van der Waals surface area contributed by atoms with E-state index < -0.39 is 0 Å². The third kappa shape index (κ3) is 4.14. The molecule has 0 heterocycles. The molecule has 3 heteroatoms. The van der Waals surface area contributed by atoms with Crippen LogP contribution in [0.4, 0.5) is 11.4 Å². The standard InChI is InChI=1S/C24H24N2O/c1-18(16-25(3)20-11-7-5-8-12-20)22-15-23(24(22)27)19(2)17-26(4)21-13-9-6-10-14-21/h5-16H,1-4H3. The zero-order chi connectivity index (χ0) is 19.4. The van der Waals surface area contributed by atoms with Crippen molar-refractivity contribution in [2.24, 2.45) is 0 Å². The fourth-order valence-electron chi connectivity index (χ4n) is 3.04. The van der Waals surface area contributed by atoms with Gasteiger partial charge in [-0.2, -0.15) is 0 Å². The zero-order valence-corrected chi connectivity index (χ0v) is 16.2. The van der Waals surface area contributed by atoms with E-state index in [0.717, 1.165) is 33.7 Å². The molecular weight excluding hydrogens is 332 g/mol. The number of anilines is 1. The Bertz CT molecular complexity index is 964. The summed E-state index contributed by atoms with van der Waals surface area (Å²) in [7, 11) is 3.92. The van der Waals surface area contributed by atoms with Crippen LogP contribution in [0.2, 0.25) is 0 Å². The lowest BCUT2D eigenvalue weighted by Crippen LogP contribution is -2.20. The Balaban J connectivity index is 1.80. The first-order chi connectivity index (χ1) is 13.0. The van der Waals surface area contributed by atoms with Crippen molar-refractivity contribution in [1.29, 1.82) is 0 Å². The molecule has 0 amide bonds. The minimum absolute atomic E-state index is 0.0803. The van der Waals surface area contributed by atoms with Crippen molar-refractivity contribution in [2.75, 3.05) is 19.0 Å². The Morgan fingerprint density at radius 1 is 1.00 bits per heavy atom. The van der Waals surface area contributed by atoms with Crippen LogP contribution in [-0.4, -0.2) is 30.7 Å². The topological polar surface area (TPSA) is 23.3 Å². The van der Waals surface area contributed by atoms with Crippen molar-refractivity contribution >= 4 is 23.4 Å². The number of rotatable bonds is 5. The molecule has 0 aromatic heterocycles. The minimum atomic E-state index is 0.0803. The van der Waals surface area contributed by atoms with Gasteiger partial charge in [-0.25, -0.2) is 0 Å². The fourth-order valence-corrected chi connectivity index (χ4v) is 3.04. The van der Waals surface area contributed by atoms with Crippen LogP contribution >= 0.6 is 0 Å². The molecule has 2 aromatic rings. The Kier molecular flexibility index (Phi) is 5.51. The molecule has 136 valence electrons. The smallest absolute Gasteiger partial charge is 0.139 e. The monoisotopic (exact) mass is 356 g/mol. The molecule has 0 aliphatic heterocycles. The molecule has 0 bridgehead atoms. The van der Waals surface area contributed by atoms with Crippen LogP contribution in [0, 0.1) is 0 Å². The molecule has 0 atom stereocenters. The number of para-hydroxylation sites is 2. The second-order valence-corrected chi connectivity index (χ2v) is 6.69. The van der Waals surface area contributed by atoms with Gasteiger partial charge in [0, 0.05) is 24.5 Å². The molecular formula is C24H24N2O. The summed E-state index contributed by atoms with van der Waals surface area (Å²) in [5.74, 6) is 0.0803. The molecule has 0 fully saturated rings. The van der Waals surface area contributed by atoms with Crippen LogP contribution in [-0.2, 0) is 4.79 Å². The number of ketones is 1. The normalized spacial score (nSPS) is 16.6. The number of benzene rings is 2. The van der Waals surface area contributed by atoms with Crippen molar-refractivity contribution in [3.05, 3.63) is 95.2 Å². The maximum absolute atomic E-state index is 12.6. The van der Waals surface area contributed by atoms with Crippen LogP contribution < -0.4 is 4.90 Å². The van der Waals surface area contributed by atoms with E-state index in [1.807, 2.05) is 110 Å². The van der Waals surface area contributed by atoms with E-state index in [9.17, 15) is 4.79 Å². The summed E-state index contributed by atoms with van der Waals surface area (Å²) in [6.45, 7) is 3.90. The summed E-state index contributed by atoms with van der Waals surface area (Å²) in [4.78, 5) is 14.7. The second kappa shape index (κ2) is 8.00. The molecule has 0 radical (unpaired) electrons. The molecule has 27 heavy (non-hydrogen) atoms. The highest BCUT2D eigenvalue weighted by Crippen LogP contribution is 2.29. The van der Waals surface area contributed by atoms with E-state index in [1.54, 1.807) is 0 Å². The molecule has 3 rings (SSSR count). The molecule has 0 saturated carbocycles. The second-order valence-electron chi connectivity index (χ2n) is 6.69. The van der Waals surface area contributed by atoms with E-state index in [2.05, 4.69) is 6.21 Å². The lowest BCUT2D eigenvalue weighted by molar-refractivity contribution is -0.399. The summed E-state index contributed by atoms with van der Waals surface area (Å²) < 4.78 is 1.91. The van der Waals surface area contributed by atoms with Gasteiger partial charge in [0.1, 0.15) is 24.7 Å². The van der Waals surface area contributed by atoms with Crippen LogP contribution in [0.5, 0.6) is 0 Å². The first kappa shape index (κ1) is 18.6. The zero-order valence-electron chi connectivity index (χ0n) is 16.2. The summed E-state index contributed by atoms with van der Waals surface area (Å²) in [5.41, 5.74) is 5.41. The van der Waals surface area contributed by atoms with Crippen molar-refractivity contribution in [1.82, 2.24) is 0 Å². The predicted octanol–water partition coefficient (Wildman–Crippen LogP) is 4.77. The van der Waals surface area contributed by atoms with Crippen LogP contribution in [0.25, 0.3) is 0 Å².